The Kier molecular flexibility index (Phi) is 6.26. The maximum absolute atomic E-state index is 12.9. The highest BCUT2D eigenvalue weighted by Crippen LogP contribution is 2.29. The topological polar surface area (TPSA) is 29.9 Å². The number of aryl methyl sites for hydroxylation is 1. The molecule has 114 valence electrons. The number of nitrogens with one attached hydrogen (secondary N) is 1. The van der Waals surface area contributed by atoms with Crippen molar-refractivity contribution >= 4 is 27.7 Å². The van der Waals surface area contributed by atoms with Gasteiger partial charge in [0.2, 0.25) is 0 Å². The standard InChI is InChI=1S/C15H19BrFN3S/c1-3-18-14(15-13(16)9-19-20(15)4-2)10-21-12-7-5-11(17)6-8-12/h5-9,14,18H,3-4,10H2,1-2H3. The van der Waals surface area contributed by atoms with Crippen LogP contribution in [0.5, 0.6) is 0 Å². The highest BCUT2D eigenvalue weighted by atomic mass is 79.9. The van der Waals surface area contributed by atoms with Crippen molar-refractivity contribution in [1.82, 2.24) is 15.1 Å². The summed E-state index contributed by atoms with van der Waals surface area (Å²) < 4.78 is 16.0. The molecule has 1 N–H and O–H groups in total. The van der Waals surface area contributed by atoms with E-state index in [1.165, 1.54) is 12.1 Å². The van der Waals surface area contributed by atoms with Crippen molar-refractivity contribution in [2.24, 2.45) is 0 Å². The minimum Gasteiger partial charge on any atom is -0.308 e. The van der Waals surface area contributed by atoms with Gasteiger partial charge in [-0.25, -0.2) is 4.39 Å². The summed E-state index contributed by atoms with van der Waals surface area (Å²) in [4.78, 5) is 1.07. The molecule has 1 heterocycles. The number of hydrogen-bond donors (Lipinski definition) is 1. The van der Waals surface area contributed by atoms with Gasteiger partial charge >= 0.3 is 0 Å². The Morgan fingerprint density at radius 2 is 2.05 bits per heavy atom. The molecular weight excluding hydrogens is 353 g/mol. The van der Waals surface area contributed by atoms with Crippen molar-refractivity contribution < 1.29 is 4.39 Å². The van der Waals surface area contributed by atoms with Gasteiger partial charge in [-0.05, 0) is 53.7 Å². The minimum atomic E-state index is -0.200. The summed E-state index contributed by atoms with van der Waals surface area (Å²) in [5.41, 5.74) is 1.16. The molecule has 0 aliphatic heterocycles. The molecule has 0 fully saturated rings. The molecule has 0 amide bonds. The highest BCUT2D eigenvalue weighted by Gasteiger charge is 2.19. The van der Waals surface area contributed by atoms with E-state index in [4.69, 9.17) is 0 Å². The Morgan fingerprint density at radius 1 is 1.33 bits per heavy atom. The molecule has 0 saturated heterocycles. The Labute approximate surface area is 137 Å². The van der Waals surface area contributed by atoms with E-state index in [1.807, 2.05) is 23.0 Å². The Hall–Kier alpha value is -0.850. The van der Waals surface area contributed by atoms with Crippen molar-refractivity contribution in [3.8, 4) is 0 Å². The second kappa shape index (κ2) is 7.96. The monoisotopic (exact) mass is 371 g/mol. The summed E-state index contributed by atoms with van der Waals surface area (Å²) in [5.74, 6) is 0.665. The van der Waals surface area contributed by atoms with Crippen molar-refractivity contribution in [2.75, 3.05) is 12.3 Å². The molecule has 1 aromatic carbocycles. The molecule has 0 aliphatic carbocycles. The van der Waals surface area contributed by atoms with E-state index in [9.17, 15) is 4.39 Å². The van der Waals surface area contributed by atoms with Crippen molar-refractivity contribution in [2.45, 2.75) is 31.3 Å². The third-order valence-corrected chi connectivity index (χ3v) is 4.86. The average molecular weight is 372 g/mol. The Balaban J connectivity index is 2.11. The number of hydrogen-bond acceptors (Lipinski definition) is 3. The molecule has 0 aliphatic rings. The van der Waals surface area contributed by atoms with Gasteiger partial charge in [0.1, 0.15) is 5.82 Å². The maximum atomic E-state index is 12.9. The van der Waals surface area contributed by atoms with Gasteiger partial charge in [0.25, 0.3) is 0 Å². The summed E-state index contributed by atoms with van der Waals surface area (Å²) in [7, 11) is 0. The third kappa shape index (κ3) is 4.31. The van der Waals surface area contributed by atoms with Gasteiger partial charge in [0, 0.05) is 17.2 Å². The molecule has 0 bridgehead atoms. The first-order valence-corrected chi connectivity index (χ1v) is 8.76. The smallest absolute Gasteiger partial charge is 0.123 e. The van der Waals surface area contributed by atoms with E-state index in [0.29, 0.717) is 0 Å². The number of halogens is 2. The van der Waals surface area contributed by atoms with E-state index in [1.54, 1.807) is 11.8 Å². The van der Waals surface area contributed by atoms with E-state index >= 15 is 0 Å². The molecule has 0 saturated carbocycles. The van der Waals surface area contributed by atoms with E-state index < -0.39 is 0 Å². The fourth-order valence-electron chi connectivity index (χ4n) is 2.16. The van der Waals surface area contributed by atoms with Gasteiger partial charge in [-0.3, -0.25) is 4.68 Å². The molecule has 1 unspecified atom stereocenters. The molecule has 0 radical (unpaired) electrons. The van der Waals surface area contributed by atoms with Crippen LogP contribution >= 0.6 is 27.7 Å². The van der Waals surface area contributed by atoms with E-state index in [-0.39, 0.29) is 11.9 Å². The van der Waals surface area contributed by atoms with Crippen molar-refractivity contribution in [3.63, 3.8) is 0 Å². The molecule has 1 aromatic heterocycles. The van der Waals surface area contributed by atoms with E-state index in [2.05, 4.69) is 40.2 Å². The van der Waals surface area contributed by atoms with Gasteiger partial charge in [-0.15, -0.1) is 11.8 Å². The van der Waals surface area contributed by atoms with Crippen LogP contribution in [0.1, 0.15) is 25.6 Å². The predicted molar refractivity (Wildman–Crippen MR) is 89.1 cm³/mol. The quantitative estimate of drug-likeness (QED) is 0.737. The van der Waals surface area contributed by atoms with E-state index in [0.717, 1.165) is 33.9 Å². The van der Waals surface area contributed by atoms with Crippen LogP contribution in [0, 0.1) is 5.82 Å². The number of benzene rings is 1. The van der Waals surface area contributed by atoms with Gasteiger partial charge in [-0.2, -0.15) is 5.10 Å². The summed E-state index contributed by atoms with van der Waals surface area (Å²) in [6, 6.07) is 6.82. The predicted octanol–water partition coefficient (Wildman–Crippen LogP) is 4.25. The van der Waals surface area contributed by atoms with Gasteiger partial charge < -0.3 is 5.32 Å². The van der Waals surface area contributed by atoms with Crippen LogP contribution in [0.4, 0.5) is 4.39 Å². The zero-order valence-electron chi connectivity index (χ0n) is 12.1. The van der Waals surface area contributed by atoms with Crippen LogP contribution in [0.3, 0.4) is 0 Å². The summed E-state index contributed by atoms with van der Waals surface area (Å²) in [6.07, 6.45) is 1.84. The lowest BCUT2D eigenvalue weighted by molar-refractivity contribution is 0.525. The number of rotatable bonds is 7. The molecule has 2 aromatic rings. The van der Waals surface area contributed by atoms with Crippen LogP contribution in [0.25, 0.3) is 0 Å². The zero-order valence-corrected chi connectivity index (χ0v) is 14.5. The van der Waals surface area contributed by atoms with Crippen LogP contribution in [-0.2, 0) is 6.54 Å². The molecule has 1 atom stereocenters. The molecule has 6 heteroatoms. The highest BCUT2D eigenvalue weighted by molar-refractivity contribution is 9.10. The van der Waals surface area contributed by atoms with Crippen molar-refractivity contribution in [1.29, 1.82) is 0 Å². The fraction of sp³-hybridized carbons (Fsp3) is 0.400. The number of thioether (sulfide) groups is 1. The van der Waals surface area contributed by atoms with Crippen LogP contribution in [0.2, 0.25) is 0 Å². The summed E-state index contributed by atoms with van der Waals surface area (Å²) in [6.45, 7) is 5.90. The summed E-state index contributed by atoms with van der Waals surface area (Å²) >= 11 is 5.29. The van der Waals surface area contributed by atoms with Crippen LogP contribution < -0.4 is 5.32 Å². The van der Waals surface area contributed by atoms with Gasteiger partial charge in [-0.1, -0.05) is 6.92 Å². The molecule has 21 heavy (non-hydrogen) atoms. The molecule has 3 nitrogen and oxygen atoms in total. The largest absolute Gasteiger partial charge is 0.308 e. The Bertz CT molecular complexity index is 571. The lowest BCUT2D eigenvalue weighted by Gasteiger charge is -2.19. The normalized spacial score (nSPS) is 12.6. The first kappa shape index (κ1) is 16.5. The number of nitrogens with zero attached hydrogens (tertiary/aromatic N) is 2. The van der Waals surface area contributed by atoms with Gasteiger partial charge in [0.05, 0.1) is 22.4 Å². The lowest BCUT2D eigenvalue weighted by atomic mass is 10.2. The third-order valence-electron chi connectivity index (χ3n) is 3.14. The SMILES string of the molecule is CCNC(CSc1ccc(F)cc1)c1c(Br)cnn1CC. The van der Waals surface area contributed by atoms with Crippen LogP contribution in [-0.4, -0.2) is 22.1 Å². The maximum Gasteiger partial charge on any atom is 0.123 e. The van der Waals surface area contributed by atoms with Crippen LogP contribution in [0.15, 0.2) is 39.8 Å². The lowest BCUT2D eigenvalue weighted by Crippen LogP contribution is -2.26. The van der Waals surface area contributed by atoms with Gasteiger partial charge in [0.15, 0.2) is 0 Å². The first-order valence-electron chi connectivity index (χ1n) is 6.98. The fourth-order valence-corrected chi connectivity index (χ4v) is 3.70. The van der Waals surface area contributed by atoms with Crippen molar-refractivity contribution in [3.05, 3.63) is 46.4 Å². The Morgan fingerprint density at radius 3 is 2.67 bits per heavy atom. The minimum absolute atomic E-state index is 0.196. The molecule has 2 rings (SSSR count). The average Bonchev–Trinajstić information content (AvgIpc) is 2.86. The second-order valence-corrected chi connectivity index (χ2v) is 6.52. The number of aromatic nitrogens is 2. The first-order chi connectivity index (χ1) is 10.2. The molecular formula is C15H19BrFN3S. The second-order valence-electron chi connectivity index (χ2n) is 4.57. The molecule has 0 spiro atoms. The zero-order chi connectivity index (χ0) is 15.2. The summed E-state index contributed by atoms with van der Waals surface area (Å²) in [5, 5.41) is 7.87.